The maximum atomic E-state index is 5.98. The summed E-state index contributed by atoms with van der Waals surface area (Å²) in [6.07, 6.45) is 0.932. The Labute approximate surface area is 98.0 Å². The molecule has 82 valence electrons. The van der Waals surface area contributed by atoms with Crippen molar-refractivity contribution in [2.75, 3.05) is 0 Å². The van der Waals surface area contributed by atoms with Gasteiger partial charge in [-0.1, -0.05) is 56.7 Å². The van der Waals surface area contributed by atoms with Gasteiger partial charge in [-0.3, -0.25) is 0 Å². The molecule has 0 nitrogen and oxygen atoms in total. The molecule has 0 aliphatic carbocycles. The van der Waals surface area contributed by atoms with Gasteiger partial charge in [0.25, 0.3) is 0 Å². The minimum absolute atomic E-state index is 0.174. The predicted octanol–water partition coefficient (Wildman–Crippen LogP) is 4.79. The van der Waals surface area contributed by atoms with Crippen LogP contribution >= 0.6 is 11.6 Å². The van der Waals surface area contributed by atoms with Crippen LogP contribution in [0.4, 0.5) is 0 Å². The van der Waals surface area contributed by atoms with Gasteiger partial charge in [-0.05, 0) is 36.0 Å². The number of hydrogen-bond donors (Lipinski definition) is 0. The summed E-state index contributed by atoms with van der Waals surface area (Å²) in [5.41, 5.74) is 3.85. The Kier molecular flexibility index (Phi) is 3.62. The van der Waals surface area contributed by atoms with Crippen LogP contribution in [0.1, 0.15) is 31.9 Å². The lowest BCUT2D eigenvalue weighted by molar-refractivity contribution is 0.494. The molecule has 0 saturated carbocycles. The molecule has 0 saturated heterocycles. The summed E-state index contributed by atoms with van der Waals surface area (Å²) in [6.45, 7) is 12.8. The molecule has 0 aliphatic rings. The van der Waals surface area contributed by atoms with E-state index in [0.717, 1.165) is 17.0 Å². The molecular formula is C14H19Cl. The number of allylic oxidation sites excluding steroid dienone is 1. The van der Waals surface area contributed by atoms with Gasteiger partial charge in [0.05, 0.1) is 0 Å². The Morgan fingerprint density at radius 1 is 1.33 bits per heavy atom. The van der Waals surface area contributed by atoms with Crippen molar-refractivity contribution in [2.45, 2.75) is 34.1 Å². The molecule has 0 heterocycles. The molecule has 0 atom stereocenters. The van der Waals surface area contributed by atoms with E-state index in [2.05, 4.69) is 39.5 Å². The summed E-state index contributed by atoms with van der Waals surface area (Å²) in [7, 11) is 0. The fourth-order valence-electron chi connectivity index (χ4n) is 1.33. The lowest BCUT2D eigenvalue weighted by atomic mass is 9.84. The highest BCUT2D eigenvalue weighted by molar-refractivity contribution is 6.31. The number of aryl methyl sites for hydroxylation is 1. The second kappa shape index (κ2) is 4.40. The van der Waals surface area contributed by atoms with Crippen molar-refractivity contribution in [1.82, 2.24) is 0 Å². The Balaban J connectivity index is 2.83. The number of rotatable bonds is 2. The number of halogens is 1. The molecule has 1 rings (SSSR count). The molecule has 0 unspecified atom stereocenters. The molecule has 1 heteroatoms. The van der Waals surface area contributed by atoms with Gasteiger partial charge in [0.1, 0.15) is 0 Å². The smallest absolute Gasteiger partial charge is 0.0435 e. The van der Waals surface area contributed by atoms with Crippen LogP contribution in [0.15, 0.2) is 30.4 Å². The van der Waals surface area contributed by atoms with E-state index in [0.29, 0.717) is 0 Å². The van der Waals surface area contributed by atoms with Gasteiger partial charge in [0.15, 0.2) is 0 Å². The van der Waals surface area contributed by atoms with Crippen LogP contribution in [0.5, 0.6) is 0 Å². The second-order valence-electron chi connectivity index (χ2n) is 5.11. The second-order valence-corrected chi connectivity index (χ2v) is 5.52. The number of hydrogen-bond acceptors (Lipinski definition) is 0. The third-order valence-electron chi connectivity index (χ3n) is 2.70. The zero-order valence-corrected chi connectivity index (χ0v) is 10.8. The molecule has 0 aromatic heterocycles. The Morgan fingerprint density at radius 2 is 1.93 bits per heavy atom. The van der Waals surface area contributed by atoms with E-state index in [1.807, 2.05) is 13.0 Å². The average molecular weight is 223 g/mol. The molecule has 1 aromatic carbocycles. The lowest BCUT2D eigenvalue weighted by Gasteiger charge is -2.22. The Bertz CT molecular complexity index is 369. The van der Waals surface area contributed by atoms with Crippen molar-refractivity contribution in [3.05, 3.63) is 46.5 Å². The van der Waals surface area contributed by atoms with Crippen molar-refractivity contribution < 1.29 is 0 Å². The minimum Gasteiger partial charge on any atom is -0.0990 e. The van der Waals surface area contributed by atoms with Crippen LogP contribution in [0.2, 0.25) is 5.02 Å². The monoisotopic (exact) mass is 222 g/mol. The van der Waals surface area contributed by atoms with Gasteiger partial charge in [-0.2, -0.15) is 0 Å². The lowest BCUT2D eigenvalue weighted by Crippen LogP contribution is -2.10. The summed E-state index contributed by atoms with van der Waals surface area (Å²) in [5.74, 6) is 0. The molecule has 0 spiro atoms. The summed E-state index contributed by atoms with van der Waals surface area (Å²) in [5, 5.41) is 0.833. The molecular weight excluding hydrogens is 204 g/mol. The Morgan fingerprint density at radius 3 is 2.40 bits per heavy atom. The van der Waals surface area contributed by atoms with Crippen LogP contribution in [0.25, 0.3) is 0 Å². The van der Waals surface area contributed by atoms with Gasteiger partial charge in [-0.15, -0.1) is 0 Å². The quantitative estimate of drug-likeness (QED) is 0.631. The maximum Gasteiger partial charge on any atom is 0.0435 e. The molecule has 0 radical (unpaired) electrons. The van der Waals surface area contributed by atoms with Crippen molar-refractivity contribution in [3.8, 4) is 0 Å². The molecule has 0 amide bonds. The van der Waals surface area contributed by atoms with Crippen molar-refractivity contribution in [3.63, 3.8) is 0 Å². The van der Waals surface area contributed by atoms with E-state index in [-0.39, 0.29) is 5.41 Å². The van der Waals surface area contributed by atoms with Gasteiger partial charge >= 0.3 is 0 Å². The van der Waals surface area contributed by atoms with E-state index in [1.54, 1.807) is 0 Å². The largest absolute Gasteiger partial charge is 0.0990 e. The first-order valence-corrected chi connectivity index (χ1v) is 5.62. The van der Waals surface area contributed by atoms with Gasteiger partial charge < -0.3 is 0 Å². The zero-order chi connectivity index (χ0) is 11.6. The third-order valence-corrected chi connectivity index (χ3v) is 3.12. The fourth-order valence-corrected chi connectivity index (χ4v) is 1.45. The minimum atomic E-state index is 0.174. The van der Waals surface area contributed by atoms with Crippen molar-refractivity contribution >= 4 is 11.6 Å². The SMILES string of the molecule is C=C(Cc1ccc(Cl)c(C)c1)C(C)(C)C. The summed E-state index contributed by atoms with van der Waals surface area (Å²) < 4.78 is 0. The highest BCUT2D eigenvalue weighted by atomic mass is 35.5. The standard InChI is InChI=1S/C14H19Cl/c1-10-8-12(6-7-13(10)15)9-11(2)14(3,4)5/h6-8H,2,9H2,1,3-5H3. The summed E-state index contributed by atoms with van der Waals surface area (Å²) >= 11 is 5.98. The van der Waals surface area contributed by atoms with Crippen LogP contribution in [0.3, 0.4) is 0 Å². The summed E-state index contributed by atoms with van der Waals surface area (Å²) in [4.78, 5) is 0. The first-order chi connectivity index (χ1) is 6.80. The highest BCUT2D eigenvalue weighted by Gasteiger charge is 2.15. The maximum absolute atomic E-state index is 5.98. The molecule has 0 aliphatic heterocycles. The van der Waals surface area contributed by atoms with Gasteiger partial charge in [0, 0.05) is 5.02 Å². The van der Waals surface area contributed by atoms with E-state index in [4.69, 9.17) is 11.6 Å². The molecule has 1 aromatic rings. The molecule has 0 N–H and O–H groups in total. The molecule has 0 bridgehead atoms. The molecule has 0 fully saturated rings. The van der Waals surface area contributed by atoms with E-state index in [1.165, 1.54) is 11.1 Å². The van der Waals surface area contributed by atoms with E-state index in [9.17, 15) is 0 Å². The zero-order valence-electron chi connectivity index (χ0n) is 10.0. The van der Waals surface area contributed by atoms with Crippen molar-refractivity contribution in [2.24, 2.45) is 5.41 Å². The Hall–Kier alpha value is -0.750. The van der Waals surface area contributed by atoms with E-state index >= 15 is 0 Å². The van der Waals surface area contributed by atoms with Crippen LogP contribution in [0, 0.1) is 12.3 Å². The van der Waals surface area contributed by atoms with Crippen molar-refractivity contribution in [1.29, 1.82) is 0 Å². The molecule has 15 heavy (non-hydrogen) atoms. The van der Waals surface area contributed by atoms with Gasteiger partial charge in [0.2, 0.25) is 0 Å². The predicted molar refractivity (Wildman–Crippen MR) is 68.5 cm³/mol. The highest BCUT2D eigenvalue weighted by Crippen LogP contribution is 2.27. The third kappa shape index (κ3) is 3.39. The fraction of sp³-hybridized carbons (Fsp3) is 0.429. The van der Waals surface area contributed by atoms with Crippen LogP contribution in [-0.2, 0) is 6.42 Å². The first-order valence-electron chi connectivity index (χ1n) is 5.24. The summed E-state index contributed by atoms with van der Waals surface area (Å²) in [6, 6.07) is 6.17. The number of benzene rings is 1. The van der Waals surface area contributed by atoms with Crippen LogP contribution in [-0.4, -0.2) is 0 Å². The topological polar surface area (TPSA) is 0 Å². The first kappa shape index (κ1) is 12.3. The average Bonchev–Trinajstić information content (AvgIpc) is 2.10. The normalized spacial score (nSPS) is 11.5. The van der Waals surface area contributed by atoms with E-state index < -0.39 is 0 Å². The van der Waals surface area contributed by atoms with Gasteiger partial charge in [-0.25, -0.2) is 0 Å². The van der Waals surface area contributed by atoms with Crippen LogP contribution < -0.4 is 0 Å².